The summed E-state index contributed by atoms with van der Waals surface area (Å²) in [6.07, 6.45) is 4.09. The number of halogens is 1. The number of allylic oxidation sites excluding steroid dienone is 1. The molecule has 2 aromatic carbocycles. The number of methoxy groups -OCH3 is 1. The van der Waals surface area contributed by atoms with Gasteiger partial charge in [-0.25, -0.2) is 4.79 Å². The van der Waals surface area contributed by atoms with Gasteiger partial charge < -0.3 is 14.0 Å². The molecule has 0 saturated heterocycles. The van der Waals surface area contributed by atoms with E-state index in [1.807, 2.05) is 32.0 Å². The molecule has 0 saturated carbocycles. The predicted octanol–water partition coefficient (Wildman–Crippen LogP) is 5.63. The summed E-state index contributed by atoms with van der Waals surface area (Å²) in [5.41, 5.74) is 5.90. The Labute approximate surface area is 208 Å². The van der Waals surface area contributed by atoms with Gasteiger partial charge in [-0.2, -0.15) is 0 Å². The summed E-state index contributed by atoms with van der Waals surface area (Å²) in [6, 6.07) is 7.64. The molecule has 180 valence electrons. The van der Waals surface area contributed by atoms with E-state index in [-0.39, 0.29) is 5.12 Å². The fourth-order valence-electron chi connectivity index (χ4n) is 3.95. The lowest BCUT2D eigenvalue weighted by atomic mass is 9.92. The van der Waals surface area contributed by atoms with Crippen molar-refractivity contribution in [2.45, 2.75) is 33.1 Å². The van der Waals surface area contributed by atoms with Crippen molar-refractivity contribution in [2.75, 3.05) is 14.2 Å². The van der Waals surface area contributed by atoms with E-state index in [4.69, 9.17) is 25.6 Å². The van der Waals surface area contributed by atoms with Crippen LogP contribution in [0.15, 0.2) is 44.7 Å². The maximum absolute atomic E-state index is 12.2. The minimum absolute atomic E-state index is 0.382. The van der Waals surface area contributed by atoms with Gasteiger partial charge in [0.15, 0.2) is 5.58 Å². The second-order valence-corrected chi connectivity index (χ2v) is 8.75. The largest absolute Gasteiger partial charge is 0.496 e. The fraction of sp³-hybridized carbons (Fsp3) is 0.320. The summed E-state index contributed by atoms with van der Waals surface area (Å²) >= 11 is 10.1. The molecule has 0 aliphatic carbocycles. The smallest absolute Gasteiger partial charge is 0.419 e. The van der Waals surface area contributed by atoms with Crippen LogP contribution in [-0.4, -0.2) is 29.1 Å². The Morgan fingerprint density at radius 3 is 2.50 bits per heavy atom. The zero-order valence-electron chi connectivity index (χ0n) is 19.8. The maximum Gasteiger partial charge on any atom is 0.419 e. The molecular weight excluding hydrogens is 476 g/mol. The minimum Gasteiger partial charge on any atom is -0.496 e. The molecule has 0 N–H and O–H groups in total. The summed E-state index contributed by atoms with van der Waals surface area (Å²) in [5.74, 6) is 0.0747. The van der Waals surface area contributed by atoms with Crippen LogP contribution in [0.3, 0.4) is 0 Å². The third kappa shape index (κ3) is 5.39. The zero-order chi connectivity index (χ0) is 25.0. The third-order valence-corrected chi connectivity index (χ3v) is 6.04. The van der Waals surface area contributed by atoms with Gasteiger partial charge in [0.25, 0.3) is 0 Å². The second-order valence-electron chi connectivity index (χ2n) is 7.91. The first-order valence-corrected chi connectivity index (χ1v) is 11.5. The summed E-state index contributed by atoms with van der Waals surface area (Å²) < 4.78 is 12.3. The Kier molecular flexibility index (Phi) is 8.28. The van der Waals surface area contributed by atoms with E-state index in [9.17, 15) is 9.59 Å². The number of hydrogen-bond donors (Lipinski definition) is 1. The van der Waals surface area contributed by atoms with E-state index < -0.39 is 5.76 Å². The van der Waals surface area contributed by atoms with Gasteiger partial charge in [-0.15, -0.1) is 12.6 Å². The Morgan fingerprint density at radius 1 is 1.18 bits per heavy atom. The van der Waals surface area contributed by atoms with E-state index >= 15 is 0 Å². The highest BCUT2D eigenvalue weighted by atomic mass is 35.5. The predicted molar refractivity (Wildman–Crippen MR) is 138 cm³/mol. The fourth-order valence-corrected chi connectivity index (χ4v) is 4.32. The Bertz CT molecular complexity index is 1350. The average molecular weight is 503 g/mol. The molecule has 0 aliphatic rings. The van der Waals surface area contributed by atoms with Crippen molar-refractivity contribution in [1.82, 2.24) is 4.57 Å². The highest BCUT2D eigenvalue weighted by molar-refractivity contribution is 7.97. The zero-order valence-corrected chi connectivity index (χ0v) is 21.4. The summed E-state index contributed by atoms with van der Waals surface area (Å²) in [7, 11) is 4.66. The Hall–Kier alpha value is -2.97. The van der Waals surface area contributed by atoms with Crippen molar-refractivity contribution >= 4 is 51.2 Å². The van der Waals surface area contributed by atoms with Crippen molar-refractivity contribution in [3.8, 4) is 5.75 Å². The molecule has 0 amide bonds. The number of aromatic nitrogens is 1. The first-order valence-electron chi connectivity index (χ1n) is 10.7. The molecule has 0 aliphatic heterocycles. The number of aryl methyl sites for hydroxylation is 3. The van der Waals surface area contributed by atoms with Crippen LogP contribution < -0.4 is 10.5 Å². The molecule has 9 heteroatoms. The molecular formula is C25H27ClN2O5S. The normalized spacial score (nSPS) is 12.3. The van der Waals surface area contributed by atoms with Gasteiger partial charge in [0, 0.05) is 13.5 Å². The molecule has 34 heavy (non-hydrogen) atoms. The number of benzene rings is 2. The molecule has 7 nitrogen and oxygen atoms in total. The Balaban J connectivity index is 2.16. The van der Waals surface area contributed by atoms with Crippen molar-refractivity contribution in [3.05, 3.63) is 68.7 Å². The van der Waals surface area contributed by atoms with Crippen LogP contribution >= 0.6 is 24.2 Å². The molecule has 0 bridgehead atoms. The SMILES string of the molecule is CO/N=C(\Cl)CCC/C=C(\c1cc(C)c(OC)c(C(=O)S)c1)c1cc(C)c2oc(=O)n(C)c2c1. The number of carbonyl (C=O) groups is 1. The topological polar surface area (TPSA) is 83.0 Å². The first kappa shape index (κ1) is 25.6. The standard InChI is InChI=1S/C25H27ClN2O5S/c1-14-10-16(12-19(24(29)34)22(14)31-4)18(8-6-7-9-21(26)27-32-5)17-11-15(2)23-20(13-17)28(3)25(30)33-23/h8,10-13H,6-7,9H2,1-5H3,(H,29,34)/b18-8+,27-21-. The van der Waals surface area contributed by atoms with Gasteiger partial charge in [0.1, 0.15) is 18.0 Å². The summed E-state index contributed by atoms with van der Waals surface area (Å²) in [5, 5.41) is 3.75. The molecule has 0 spiro atoms. The molecule has 0 unspecified atom stereocenters. The van der Waals surface area contributed by atoms with Gasteiger partial charge in [-0.05, 0) is 78.8 Å². The van der Waals surface area contributed by atoms with E-state index in [0.717, 1.165) is 34.2 Å². The lowest BCUT2D eigenvalue weighted by molar-refractivity contribution is 0.108. The first-order chi connectivity index (χ1) is 16.2. The van der Waals surface area contributed by atoms with Crippen molar-refractivity contribution in [1.29, 1.82) is 0 Å². The van der Waals surface area contributed by atoms with Gasteiger partial charge in [0.2, 0.25) is 5.12 Å². The highest BCUT2D eigenvalue weighted by Gasteiger charge is 2.18. The van der Waals surface area contributed by atoms with Crippen molar-refractivity contribution < 1.29 is 18.8 Å². The molecule has 3 rings (SSSR count). The molecule has 1 heterocycles. The summed E-state index contributed by atoms with van der Waals surface area (Å²) in [4.78, 5) is 29.0. The van der Waals surface area contributed by atoms with Gasteiger partial charge in [-0.1, -0.05) is 22.8 Å². The number of rotatable bonds is 9. The van der Waals surface area contributed by atoms with E-state index in [0.29, 0.717) is 40.4 Å². The van der Waals surface area contributed by atoms with Gasteiger partial charge >= 0.3 is 5.76 Å². The molecule has 3 aromatic rings. The van der Waals surface area contributed by atoms with E-state index in [2.05, 4.69) is 23.9 Å². The summed E-state index contributed by atoms with van der Waals surface area (Å²) in [6.45, 7) is 3.78. The van der Waals surface area contributed by atoms with Crippen LogP contribution in [-0.2, 0) is 11.9 Å². The monoisotopic (exact) mass is 502 g/mol. The number of oxime groups is 1. The van der Waals surface area contributed by atoms with E-state index in [1.165, 1.54) is 18.8 Å². The average Bonchev–Trinajstić information content (AvgIpc) is 3.07. The highest BCUT2D eigenvalue weighted by Crippen LogP contribution is 2.34. The molecule has 0 atom stereocenters. The number of carbonyl (C=O) groups excluding carboxylic acids is 1. The van der Waals surface area contributed by atoms with Crippen LogP contribution in [0.25, 0.3) is 16.7 Å². The Morgan fingerprint density at radius 2 is 1.85 bits per heavy atom. The number of thiol groups is 1. The minimum atomic E-state index is -0.420. The molecule has 0 radical (unpaired) electrons. The van der Waals surface area contributed by atoms with Crippen LogP contribution in [0.2, 0.25) is 0 Å². The van der Waals surface area contributed by atoms with Gasteiger partial charge in [0.05, 0.1) is 18.2 Å². The van der Waals surface area contributed by atoms with Crippen LogP contribution in [0.1, 0.15) is 51.9 Å². The van der Waals surface area contributed by atoms with E-state index in [1.54, 1.807) is 13.1 Å². The lowest BCUT2D eigenvalue weighted by Gasteiger charge is -2.15. The van der Waals surface area contributed by atoms with Crippen molar-refractivity contribution in [2.24, 2.45) is 12.2 Å². The number of oxazole rings is 1. The molecule has 1 aromatic heterocycles. The van der Waals surface area contributed by atoms with Crippen LogP contribution in [0.5, 0.6) is 5.75 Å². The number of unbranched alkanes of at least 4 members (excludes halogenated alkanes) is 1. The van der Waals surface area contributed by atoms with Crippen molar-refractivity contribution in [3.63, 3.8) is 0 Å². The number of nitrogens with zero attached hydrogens (tertiary/aromatic N) is 2. The van der Waals surface area contributed by atoms with Gasteiger partial charge in [-0.3, -0.25) is 9.36 Å². The maximum atomic E-state index is 12.2. The number of fused-ring (bicyclic) bond motifs is 1. The second kappa shape index (κ2) is 11.0. The third-order valence-electron chi connectivity index (χ3n) is 5.54. The molecule has 0 fully saturated rings. The van der Waals surface area contributed by atoms with Crippen LogP contribution in [0, 0.1) is 13.8 Å². The number of ether oxygens (including phenoxy) is 1. The quantitative estimate of drug-likeness (QED) is 0.177. The lowest BCUT2D eigenvalue weighted by Crippen LogP contribution is -2.08. The van der Waals surface area contributed by atoms with Crippen LogP contribution in [0.4, 0.5) is 0 Å². The number of hydrogen-bond acceptors (Lipinski definition) is 6.